The second-order valence-corrected chi connectivity index (χ2v) is 6.43. The van der Waals surface area contributed by atoms with Gasteiger partial charge in [-0.1, -0.05) is 19.1 Å². The van der Waals surface area contributed by atoms with Crippen LogP contribution in [0.25, 0.3) is 0 Å². The molecular weight excluding hydrogens is 266 g/mol. The lowest BCUT2D eigenvalue weighted by atomic mass is 10.00. The van der Waals surface area contributed by atoms with E-state index in [2.05, 4.69) is 47.5 Å². The van der Waals surface area contributed by atoms with Gasteiger partial charge in [-0.25, -0.2) is 0 Å². The summed E-state index contributed by atoms with van der Waals surface area (Å²) in [6.45, 7) is 5.35. The highest BCUT2D eigenvalue weighted by Crippen LogP contribution is 2.36. The highest BCUT2D eigenvalue weighted by Gasteiger charge is 2.24. The predicted molar refractivity (Wildman–Crippen MR) is 85.5 cm³/mol. The summed E-state index contributed by atoms with van der Waals surface area (Å²) in [6.07, 6.45) is 1.56. The summed E-state index contributed by atoms with van der Waals surface area (Å²) in [7, 11) is 0. The van der Waals surface area contributed by atoms with Gasteiger partial charge in [0.1, 0.15) is 0 Å². The molecule has 3 heteroatoms. The molecule has 0 radical (unpaired) electrons. The third kappa shape index (κ3) is 2.36. The Kier molecular flexibility index (Phi) is 3.81. The van der Waals surface area contributed by atoms with Crippen LogP contribution < -0.4 is 4.90 Å². The molecule has 2 atom stereocenters. The number of benzene rings is 1. The van der Waals surface area contributed by atoms with Crippen molar-refractivity contribution in [2.24, 2.45) is 0 Å². The third-order valence-corrected chi connectivity index (χ3v) is 5.27. The highest BCUT2D eigenvalue weighted by atomic mass is 32.1. The van der Waals surface area contributed by atoms with Crippen LogP contribution in [-0.4, -0.2) is 11.7 Å². The largest absolute Gasteiger partial charge is 0.388 e. The summed E-state index contributed by atoms with van der Waals surface area (Å²) in [5.74, 6) is 0. The number of aliphatic hydroxyl groups excluding tert-OH is 1. The van der Waals surface area contributed by atoms with E-state index < -0.39 is 0 Å². The van der Waals surface area contributed by atoms with Crippen molar-refractivity contribution in [3.63, 3.8) is 0 Å². The van der Waals surface area contributed by atoms with Crippen molar-refractivity contribution < 1.29 is 5.11 Å². The number of rotatable bonds is 3. The Bertz CT molecular complexity index is 575. The number of fused-ring (bicyclic) bond motifs is 1. The minimum absolute atomic E-state index is 0.341. The number of aliphatic hydroxyl groups is 1. The average molecular weight is 287 g/mol. The smallest absolute Gasteiger partial charge is 0.0787 e. The van der Waals surface area contributed by atoms with Gasteiger partial charge in [0.05, 0.1) is 12.1 Å². The zero-order valence-electron chi connectivity index (χ0n) is 12.0. The van der Waals surface area contributed by atoms with Crippen molar-refractivity contribution in [1.29, 1.82) is 0 Å². The monoisotopic (exact) mass is 287 g/mol. The molecule has 1 N–H and O–H groups in total. The Morgan fingerprint density at radius 1 is 1.30 bits per heavy atom. The van der Waals surface area contributed by atoms with Gasteiger partial charge >= 0.3 is 0 Å². The lowest BCUT2D eigenvalue weighted by Crippen LogP contribution is -2.33. The summed E-state index contributed by atoms with van der Waals surface area (Å²) in [5, 5.41) is 12.1. The molecule has 0 fully saturated rings. The summed E-state index contributed by atoms with van der Waals surface area (Å²) in [4.78, 5) is 3.99. The maximum Gasteiger partial charge on any atom is 0.0787 e. The molecule has 2 nitrogen and oxygen atoms in total. The van der Waals surface area contributed by atoms with E-state index in [9.17, 15) is 5.11 Å². The second kappa shape index (κ2) is 5.58. The summed E-state index contributed by atoms with van der Waals surface area (Å²) in [5.41, 5.74) is 3.73. The molecule has 0 amide bonds. The molecule has 0 bridgehead atoms. The fourth-order valence-electron chi connectivity index (χ4n) is 2.99. The average Bonchev–Trinajstić information content (AvgIpc) is 2.96. The normalized spacial score (nSPS) is 19.8. The maximum atomic E-state index is 9.87. The van der Waals surface area contributed by atoms with Crippen LogP contribution in [0.15, 0.2) is 35.7 Å². The Morgan fingerprint density at radius 2 is 2.05 bits per heavy atom. The van der Waals surface area contributed by atoms with Gasteiger partial charge in [0.15, 0.2) is 0 Å². The number of hydrogen-bond acceptors (Lipinski definition) is 3. The second-order valence-electron chi connectivity index (χ2n) is 5.43. The number of hydrogen-bond donors (Lipinski definition) is 1. The van der Waals surface area contributed by atoms with Gasteiger partial charge in [0.25, 0.3) is 0 Å². The highest BCUT2D eigenvalue weighted by molar-refractivity contribution is 7.10. The Morgan fingerprint density at radius 3 is 2.75 bits per heavy atom. The maximum absolute atomic E-state index is 9.87. The van der Waals surface area contributed by atoms with E-state index in [1.165, 1.54) is 16.1 Å². The van der Waals surface area contributed by atoms with Crippen LogP contribution in [0.1, 0.15) is 48.4 Å². The van der Waals surface area contributed by atoms with Gasteiger partial charge in [-0.2, -0.15) is 0 Å². The predicted octanol–water partition coefficient (Wildman–Crippen LogP) is 4.32. The number of anilines is 1. The van der Waals surface area contributed by atoms with E-state index in [1.54, 1.807) is 0 Å². The van der Waals surface area contributed by atoms with Gasteiger partial charge in [-0.3, -0.25) is 0 Å². The zero-order valence-corrected chi connectivity index (χ0v) is 12.9. The molecule has 106 valence electrons. The van der Waals surface area contributed by atoms with E-state index in [0.29, 0.717) is 6.04 Å². The Balaban J connectivity index is 1.83. The molecular formula is C17H21NOS. The van der Waals surface area contributed by atoms with Gasteiger partial charge in [-0.05, 0) is 54.5 Å². The molecule has 0 spiro atoms. The van der Waals surface area contributed by atoms with Gasteiger partial charge in [0.2, 0.25) is 0 Å². The van der Waals surface area contributed by atoms with Crippen molar-refractivity contribution >= 4 is 17.0 Å². The van der Waals surface area contributed by atoms with E-state index in [0.717, 1.165) is 24.9 Å². The summed E-state index contributed by atoms with van der Waals surface area (Å²) >= 11 is 1.88. The van der Waals surface area contributed by atoms with Crippen molar-refractivity contribution in [3.8, 4) is 0 Å². The van der Waals surface area contributed by atoms with Crippen LogP contribution in [0.3, 0.4) is 0 Å². The van der Waals surface area contributed by atoms with Crippen molar-refractivity contribution in [1.82, 2.24) is 0 Å². The first-order valence-electron chi connectivity index (χ1n) is 7.31. The molecule has 0 saturated heterocycles. The number of thiophene rings is 1. The first-order valence-corrected chi connectivity index (χ1v) is 8.19. The minimum atomic E-state index is -0.341. The molecule has 1 aliphatic rings. The van der Waals surface area contributed by atoms with E-state index in [-0.39, 0.29) is 6.10 Å². The van der Waals surface area contributed by atoms with Crippen molar-refractivity contribution in [2.45, 2.75) is 38.8 Å². The first kappa shape index (κ1) is 13.7. The summed E-state index contributed by atoms with van der Waals surface area (Å²) in [6, 6.07) is 11.1. The van der Waals surface area contributed by atoms with Crippen LogP contribution in [-0.2, 0) is 6.42 Å². The molecule has 1 aliphatic heterocycles. The van der Waals surface area contributed by atoms with Gasteiger partial charge < -0.3 is 10.0 Å². The zero-order chi connectivity index (χ0) is 14.1. The standard InChI is InChI=1S/C17H21NOS/c1-3-16(19)13-4-6-14(7-5-13)18-10-8-17-15(12(18)2)9-11-20-17/h4-7,9,11-12,16,19H,3,8,10H2,1-2H3. The lowest BCUT2D eigenvalue weighted by molar-refractivity contribution is 0.173. The molecule has 2 aromatic rings. The lowest BCUT2D eigenvalue weighted by Gasteiger charge is -2.35. The van der Waals surface area contributed by atoms with Crippen LogP contribution in [0.5, 0.6) is 0 Å². The SMILES string of the molecule is CCC(O)c1ccc(N2CCc3sccc3C2C)cc1. The molecule has 20 heavy (non-hydrogen) atoms. The Labute approximate surface area is 124 Å². The molecule has 1 aromatic carbocycles. The van der Waals surface area contributed by atoms with Crippen LogP contribution >= 0.6 is 11.3 Å². The van der Waals surface area contributed by atoms with Crippen molar-refractivity contribution in [2.75, 3.05) is 11.4 Å². The van der Waals surface area contributed by atoms with Crippen LogP contribution in [0, 0.1) is 0 Å². The third-order valence-electron chi connectivity index (χ3n) is 4.27. The molecule has 0 saturated carbocycles. The molecule has 2 unspecified atom stereocenters. The molecule has 3 rings (SSSR count). The fourth-order valence-corrected chi connectivity index (χ4v) is 3.95. The van der Waals surface area contributed by atoms with Gasteiger partial charge in [0, 0.05) is 17.1 Å². The summed E-state index contributed by atoms with van der Waals surface area (Å²) < 4.78 is 0. The van der Waals surface area contributed by atoms with E-state index >= 15 is 0 Å². The molecule has 0 aliphatic carbocycles. The van der Waals surface area contributed by atoms with E-state index in [1.807, 2.05) is 18.3 Å². The fraction of sp³-hybridized carbons (Fsp3) is 0.412. The Hall–Kier alpha value is -1.32. The number of nitrogens with zero attached hydrogens (tertiary/aromatic N) is 1. The van der Waals surface area contributed by atoms with Crippen LogP contribution in [0.2, 0.25) is 0 Å². The quantitative estimate of drug-likeness (QED) is 0.909. The van der Waals surface area contributed by atoms with Crippen molar-refractivity contribution in [3.05, 3.63) is 51.7 Å². The molecule has 1 aromatic heterocycles. The molecule has 2 heterocycles. The van der Waals surface area contributed by atoms with E-state index in [4.69, 9.17) is 0 Å². The minimum Gasteiger partial charge on any atom is -0.388 e. The van der Waals surface area contributed by atoms with Gasteiger partial charge in [-0.15, -0.1) is 11.3 Å². The first-order chi connectivity index (χ1) is 9.70. The van der Waals surface area contributed by atoms with Crippen LogP contribution in [0.4, 0.5) is 5.69 Å². The topological polar surface area (TPSA) is 23.5 Å².